The molecule has 11 atom stereocenters. The van der Waals surface area contributed by atoms with E-state index in [0.29, 0.717) is 6.42 Å². The minimum atomic E-state index is -1.33. The number of carbonyl (C=O) groups is 3. The number of hydrogen-bond acceptors (Lipinski definition) is 14. The van der Waals surface area contributed by atoms with Gasteiger partial charge >= 0.3 is 11.9 Å². The summed E-state index contributed by atoms with van der Waals surface area (Å²) in [6.45, 7) is 8.67. The number of benzene rings is 4. The lowest BCUT2D eigenvalue weighted by Gasteiger charge is -2.50. The summed E-state index contributed by atoms with van der Waals surface area (Å²) in [5.74, 6) is -1.57. The number of amides is 1. The van der Waals surface area contributed by atoms with Gasteiger partial charge in [0, 0.05) is 13.8 Å². The number of rotatable bonds is 34. The molecule has 76 heavy (non-hydrogen) atoms. The molecule has 0 unspecified atom stereocenters. The molecule has 2 saturated heterocycles. The third-order valence-corrected chi connectivity index (χ3v) is 13.3. The van der Waals surface area contributed by atoms with Gasteiger partial charge in [-0.15, -0.1) is 6.58 Å². The first-order valence-electron chi connectivity index (χ1n) is 27.2. The van der Waals surface area contributed by atoms with Gasteiger partial charge in [-0.3, -0.25) is 14.4 Å². The Hall–Kier alpha value is -5.33. The summed E-state index contributed by atoms with van der Waals surface area (Å²) < 4.78 is 65.8. The normalized spacial score (nSPS) is 23.8. The van der Waals surface area contributed by atoms with Crippen LogP contribution in [0.4, 0.5) is 0 Å². The zero-order valence-corrected chi connectivity index (χ0v) is 44.7. The fraction of sp³-hybridized carbons (Fsp3) is 0.525. The van der Waals surface area contributed by atoms with Crippen molar-refractivity contribution < 1.29 is 66.9 Å². The standard InChI is InChI=1S/C61H81NO14/c1-5-7-8-9-10-11-12-13-26-35-50(65)37-53(66)62-54-57(67-36-6-2)56(52(43-69-45(4)64)74-60(54)73-41-49-33-24-17-25-34-49)76-61-59(72-40-48-31-22-16-23-32-48)58(71-39-47-29-20-15-21-30-47)55(51(75-61)42-68-44(3)63)70-38-46-27-18-14-19-28-46/h6,14-25,27-34,50-52,54-61,65H,2,5,7-13,26,35-43H2,1,3-4H3,(H,62,66)/t50-,51-,52-,54-,55-,56-,57-,58+,59+,60-,61+/m1/s1. The van der Waals surface area contributed by atoms with E-state index in [9.17, 15) is 19.5 Å². The Morgan fingerprint density at radius 1 is 0.553 bits per heavy atom. The summed E-state index contributed by atoms with van der Waals surface area (Å²) >= 11 is 0. The van der Waals surface area contributed by atoms with E-state index in [4.69, 9.17) is 47.4 Å². The number of hydrogen-bond donors (Lipinski definition) is 2. The van der Waals surface area contributed by atoms with Crippen LogP contribution in [0, 0.1) is 0 Å². The summed E-state index contributed by atoms with van der Waals surface area (Å²) in [7, 11) is 0. The van der Waals surface area contributed by atoms with Crippen molar-refractivity contribution in [1.82, 2.24) is 5.32 Å². The molecule has 0 radical (unpaired) electrons. The molecule has 0 bridgehead atoms. The molecule has 15 heteroatoms. The lowest BCUT2D eigenvalue weighted by Crippen LogP contribution is -2.69. The van der Waals surface area contributed by atoms with Crippen LogP contribution in [0.2, 0.25) is 0 Å². The highest BCUT2D eigenvalue weighted by Gasteiger charge is 2.55. The number of esters is 2. The zero-order valence-electron chi connectivity index (χ0n) is 44.7. The topological polar surface area (TPSA) is 176 Å². The van der Waals surface area contributed by atoms with Crippen LogP contribution in [-0.4, -0.2) is 110 Å². The lowest BCUT2D eigenvalue weighted by molar-refractivity contribution is -0.364. The third kappa shape index (κ3) is 20.6. The van der Waals surface area contributed by atoms with Crippen molar-refractivity contribution in [1.29, 1.82) is 0 Å². The van der Waals surface area contributed by atoms with Crippen molar-refractivity contribution in [2.24, 2.45) is 0 Å². The first kappa shape index (κ1) is 59.9. The molecule has 4 aromatic rings. The van der Waals surface area contributed by atoms with E-state index in [2.05, 4.69) is 18.8 Å². The number of nitrogens with one attached hydrogen (secondary N) is 1. The Morgan fingerprint density at radius 3 is 1.47 bits per heavy atom. The summed E-state index contributed by atoms with van der Waals surface area (Å²) in [5, 5.41) is 14.3. The van der Waals surface area contributed by atoms with Crippen molar-refractivity contribution >= 4 is 17.8 Å². The number of aliphatic hydroxyl groups is 1. The average molecular weight is 1050 g/mol. The van der Waals surface area contributed by atoms with Crippen molar-refractivity contribution in [3.8, 4) is 0 Å². The fourth-order valence-corrected chi connectivity index (χ4v) is 9.42. The van der Waals surface area contributed by atoms with E-state index >= 15 is 0 Å². The number of carbonyl (C=O) groups excluding carboxylic acids is 3. The molecule has 2 N–H and O–H groups in total. The molecule has 0 aromatic heterocycles. The van der Waals surface area contributed by atoms with Gasteiger partial charge in [-0.1, -0.05) is 192 Å². The summed E-state index contributed by atoms with van der Waals surface area (Å²) in [4.78, 5) is 39.3. The van der Waals surface area contributed by atoms with Crippen molar-refractivity contribution in [2.75, 3.05) is 19.8 Å². The second kappa shape index (κ2) is 33.7. The van der Waals surface area contributed by atoms with E-state index < -0.39 is 85.3 Å². The maximum absolute atomic E-state index is 14.2. The van der Waals surface area contributed by atoms with E-state index in [-0.39, 0.29) is 52.7 Å². The van der Waals surface area contributed by atoms with Gasteiger partial charge in [0.2, 0.25) is 5.91 Å². The smallest absolute Gasteiger partial charge is 0.302 e. The predicted molar refractivity (Wildman–Crippen MR) is 286 cm³/mol. The lowest BCUT2D eigenvalue weighted by atomic mass is 9.94. The monoisotopic (exact) mass is 1050 g/mol. The van der Waals surface area contributed by atoms with Crippen LogP contribution in [0.5, 0.6) is 0 Å². The zero-order chi connectivity index (χ0) is 53.7. The van der Waals surface area contributed by atoms with Crippen molar-refractivity contribution in [3.05, 3.63) is 156 Å². The average Bonchev–Trinajstić information content (AvgIpc) is 3.44. The second-order valence-electron chi connectivity index (χ2n) is 19.5. The first-order chi connectivity index (χ1) is 37.1. The van der Waals surface area contributed by atoms with Crippen LogP contribution in [0.3, 0.4) is 0 Å². The highest BCUT2D eigenvalue weighted by Crippen LogP contribution is 2.36. The Bertz CT molecular complexity index is 2240. The Labute approximate surface area is 449 Å². The fourth-order valence-electron chi connectivity index (χ4n) is 9.42. The highest BCUT2D eigenvalue weighted by atomic mass is 16.8. The van der Waals surface area contributed by atoms with E-state index in [0.717, 1.165) is 47.9 Å². The molecule has 1 amide bonds. The van der Waals surface area contributed by atoms with Crippen molar-refractivity contribution in [2.45, 2.75) is 185 Å². The van der Waals surface area contributed by atoms with Crippen LogP contribution in [0.15, 0.2) is 134 Å². The molecule has 4 aromatic carbocycles. The number of ether oxygens (including phenoxy) is 10. The van der Waals surface area contributed by atoms with Crippen LogP contribution in [0.1, 0.15) is 114 Å². The highest BCUT2D eigenvalue weighted by molar-refractivity contribution is 5.77. The van der Waals surface area contributed by atoms with Gasteiger partial charge in [-0.2, -0.15) is 0 Å². The predicted octanol–water partition coefficient (Wildman–Crippen LogP) is 9.65. The molecule has 2 aliphatic heterocycles. The molecule has 2 fully saturated rings. The maximum atomic E-state index is 14.2. The van der Waals surface area contributed by atoms with Gasteiger partial charge in [-0.25, -0.2) is 0 Å². The Morgan fingerprint density at radius 2 is 0.987 bits per heavy atom. The maximum Gasteiger partial charge on any atom is 0.302 e. The molecule has 6 rings (SSSR count). The minimum Gasteiger partial charge on any atom is -0.463 e. The molecule has 0 spiro atoms. The van der Waals surface area contributed by atoms with Gasteiger partial charge in [0.1, 0.15) is 62.0 Å². The molecule has 414 valence electrons. The van der Waals surface area contributed by atoms with Gasteiger partial charge in [-0.05, 0) is 28.7 Å². The van der Waals surface area contributed by atoms with Crippen LogP contribution >= 0.6 is 0 Å². The van der Waals surface area contributed by atoms with Crippen LogP contribution in [0.25, 0.3) is 0 Å². The molecule has 2 heterocycles. The van der Waals surface area contributed by atoms with Crippen LogP contribution in [-0.2, 0) is 88.2 Å². The summed E-state index contributed by atoms with van der Waals surface area (Å²) in [6.07, 6.45) is 1.42. The van der Waals surface area contributed by atoms with Gasteiger partial charge in [0.05, 0.1) is 45.6 Å². The van der Waals surface area contributed by atoms with Gasteiger partial charge < -0.3 is 57.8 Å². The third-order valence-electron chi connectivity index (χ3n) is 13.3. The van der Waals surface area contributed by atoms with Gasteiger partial charge in [0.15, 0.2) is 12.6 Å². The van der Waals surface area contributed by atoms with E-state index in [1.807, 2.05) is 121 Å². The van der Waals surface area contributed by atoms with Crippen molar-refractivity contribution in [3.63, 3.8) is 0 Å². The summed E-state index contributed by atoms with van der Waals surface area (Å²) in [5.41, 5.74) is 3.46. The van der Waals surface area contributed by atoms with Crippen LogP contribution < -0.4 is 5.32 Å². The minimum absolute atomic E-state index is 0.00341. The molecule has 0 saturated carbocycles. The number of aliphatic hydroxyl groups excluding tert-OH is 1. The molecule has 2 aliphatic rings. The Kier molecular flexibility index (Phi) is 26.6. The molecule has 15 nitrogen and oxygen atoms in total. The van der Waals surface area contributed by atoms with E-state index in [1.165, 1.54) is 46.0 Å². The van der Waals surface area contributed by atoms with E-state index in [1.54, 1.807) is 6.08 Å². The first-order valence-corrected chi connectivity index (χ1v) is 27.2. The Balaban J connectivity index is 1.35. The molecular weight excluding hydrogens is 971 g/mol. The molecule has 0 aliphatic carbocycles. The van der Waals surface area contributed by atoms with Gasteiger partial charge in [0.25, 0.3) is 0 Å². The summed E-state index contributed by atoms with van der Waals surface area (Å²) in [6, 6.07) is 37.4. The largest absolute Gasteiger partial charge is 0.463 e. The SMILES string of the molecule is C=CCO[C@@H]1[C@@H](NC(=O)C[C@H](O)CCCCCCCCCCC)[C@H](OCc2ccccc2)O[C@H](COC(C)=O)[C@H]1O[C@@H]1O[C@H](COC(C)=O)[C@@H](OCc2ccccc2)[C@H](OCc2ccccc2)[C@@H]1OCc1ccccc1. The second-order valence-corrected chi connectivity index (χ2v) is 19.5. The quantitative estimate of drug-likeness (QED) is 0.0257. The number of unbranched alkanes of at least 4 members (excludes halogenated alkanes) is 8. The molecular formula is C61H81NO14.